The van der Waals surface area contributed by atoms with Crippen molar-refractivity contribution in [2.75, 3.05) is 6.61 Å². The van der Waals surface area contributed by atoms with Crippen LogP contribution in [-0.2, 0) is 9.53 Å². The number of hydrogen-bond donors (Lipinski definition) is 2. The summed E-state index contributed by atoms with van der Waals surface area (Å²) in [5.41, 5.74) is 4.72. The predicted octanol–water partition coefficient (Wildman–Crippen LogP) is 1.66. The van der Waals surface area contributed by atoms with E-state index in [0.717, 1.165) is 4.47 Å². The smallest absolute Gasteiger partial charge is 0.374 e. The number of esters is 1. The fraction of sp³-hybridized carbons (Fsp3) is 0.0714. The molecule has 0 spiro atoms. The van der Waals surface area contributed by atoms with Gasteiger partial charge in [0.1, 0.15) is 0 Å². The largest absolute Gasteiger partial charge is 0.457 e. The van der Waals surface area contributed by atoms with Crippen molar-refractivity contribution in [2.24, 2.45) is 0 Å². The molecule has 0 saturated heterocycles. The van der Waals surface area contributed by atoms with Crippen molar-refractivity contribution in [3.63, 3.8) is 0 Å². The summed E-state index contributed by atoms with van der Waals surface area (Å²) in [6, 6.07) is 9.50. The van der Waals surface area contributed by atoms with Crippen LogP contribution in [0.5, 0.6) is 0 Å². The van der Waals surface area contributed by atoms with E-state index in [1.165, 1.54) is 18.4 Å². The average Bonchev–Trinajstić information content (AvgIpc) is 3.05. The average molecular weight is 367 g/mol. The van der Waals surface area contributed by atoms with E-state index < -0.39 is 24.4 Å². The fourth-order valence-corrected chi connectivity index (χ4v) is 1.70. The van der Waals surface area contributed by atoms with Crippen LogP contribution in [-0.4, -0.2) is 24.4 Å². The maximum Gasteiger partial charge on any atom is 0.374 e. The normalized spacial score (nSPS) is 9.86. The van der Waals surface area contributed by atoms with Gasteiger partial charge < -0.3 is 9.15 Å². The van der Waals surface area contributed by atoms with Crippen molar-refractivity contribution >= 4 is 33.7 Å². The van der Waals surface area contributed by atoms with E-state index in [9.17, 15) is 14.4 Å². The van der Waals surface area contributed by atoms with E-state index in [4.69, 9.17) is 9.15 Å². The molecule has 2 amide bonds. The second kappa shape index (κ2) is 7.41. The molecule has 1 aromatic heterocycles. The van der Waals surface area contributed by atoms with Crippen molar-refractivity contribution in [3.8, 4) is 0 Å². The summed E-state index contributed by atoms with van der Waals surface area (Å²) in [7, 11) is 0. The summed E-state index contributed by atoms with van der Waals surface area (Å²) in [4.78, 5) is 34.6. The Balaban J connectivity index is 1.74. The molecule has 1 aromatic carbocycles. The summed E-state index contributed by atoms with van der Waals surface area (Å²) in [6.07, 6.45) is 1.31. The molecule has 0 radical (unpaired) electrons. The van der Waals surface area contributed by atoms with E-state index in [-0.39, 0.29) is 5.76 Å². The lowest BCUT2D eigenvalue weighted by Crippen LogP contribution is -2.43. The Morgan fingerprint density at radius 2 is 1.82 bits per heavy atom. The van der Waals surface area contributed by atoms with Crippen LogP contribution < -0.4 is 10.9 Å². The fourth-order valence-electron chi connectivity index (χ4n) is 1.43. The first kappa shape index (κ1) is 15.8. The van der Waals surface area contributed by atoms with Gasteiger partial charge in [-0.25, -0.2) is 4.79 Å². The molecule has 0 aliphatic carbocycles. The molecule has 2 aromatic rings. The number of hydrazine groups is 1. The van der Waals surface area contributed by atoms with Gasteiger partial charge in [0, 0.05) is 10.0 Å². The molecule has 2 N–H and O–H groups in total. The number of ether oxygens (including phenoxy) is 1. The number of rotatable bonds is 4. The van der Waals surface area contributed by atoms with E-state index in [1.807, 2.05) is 0 Å². The summed E-state index contributed by atoms with van der Waals surface area (Å²) >= 11 is 3.25. The quantitative estimate of drug-likeness (QED) is 0.633. The zero-order valence-corrected chi connectivity index (χ0v) is 12.8. The van der Waals surface area contributed by atoms with Crippen LogP contribution in [0.4, 0.5) is 0 Å². The predicted molar refractivity (Wildman–Crippen MR) is 78.7 cm³/mol. The van der Waals surface area contributed by atoms with Crippen molar-refractivity contribution < 1.29 is 23.5 Å². The zero-order chi connectivity index (χ0) is 15.9. The molecular weight excluding hydrogens is 356 g/mol. The highest BCUT2D eigenvalue weighted by Gasteiger charge is 2.13. The molecule has 0 aliphatic rings. The molecule has 1 heterocycles. The van der Waals surface area contributed by atoms with Crippen LogP contribution in [0, 0.1) is 0 Å². The van der Waals surface area contributed by atoms with Gasteiger partial charge in [-0.15, -0.1) is 0 Å². The van der Waals surface area contributed by atoms with Crippen molar-refractivity contribution in [2.45, 2.75) is 0 Å². The Morgan fingerprint density at radius 3 is 2.45 bits per heavy atom. The standard InChI is InChI=1S/C14H11BrN2O5/c15-10-5-3-9(4-6-10)13(19)17-16-12(18)8-22-14(20)11-2-1-7-21-11/h1-7H,8H2,(H,16,18)(H,17,19). The maximum absolute atomic E-state index is 11.7. The van der Waals surface area contributed by atoms with Crippen LogP contribution in [0.15, 0.2) is 51.6 Å². The van der Waals surface area contributed by atoms with Crippen LogP contribution in [0.1, 0.15) is 20.9 Å². The molecule has 114 valence electrons. The minimum atomic E-state index is -0.764. The molecule has 0 fully saturated rings. The van der Waals surface area contributed by atoms with Gasteiger partial charge in [0.05, 0.1) is 6.26 Å². The van der Waals surface area contributed by atoms with Crippen molar-refractivity contribution in [1.82, 2.24) is 10.9 Å². The van der Waals surface area contributed by atoms with Gasteiger partial charge in [0.2, 0.25) is 5.76 Å². The van der Waals surface area contributed by atoms with E-state index in [0.29, 0.717) is 5.56 Å². The van der Waals surface area contributed by atoms with Gasteiger partial charge in [-0.05, 0) is 36.4 Å². The lowest BCUT2D eigenvalue weighted by Gasteiger charge is -2.07. The lowest BCUT2D eigenvalue weighted by molar-refractivity contribution is -0.125. The monoisotopic (exact) mass is 366 g/mol. The molecule has 0 unspecified atom stereocenters. The van der Waals surface area contributed by atoms with Gasteiger partial charge in [-0.1, -0.05) is 15.9 Å². The molecule has 0 bridgehead atoms. The van der Waals surface area contributed by atoms with Crippen LogP contribution >= 0.6 is 15.9 Å². The Labute approximate surface area is 133 Å². The molecule has 22 heavy (non-hydrogen) atoms. The van der Waals surface area contributed by atoms with Gasteiger partial charge in [-0.2, -0.15) is 0 Å². The lowest BCUT2D eigenvalue weighted by atomic mass is 10.2. The van der Waals surface area contributed by atoms with E-state index >= 15 is 0 Å². The number of amides is 2. The van der Waals surface area contributed by atoms with Gasteiger partial charge in [0.25, 0.3) is 11.8 Å². The highest BCUT2D eigenvalue weighted by atomic mass is 79.9. The van der Waals surface area contributed by atoms with Gasteiger partial charge >= 0.3 is 5.97 Å². The Hall–Kier alpha value is -2.61. The molecule has 7 nitrogen and oxygen atoms in total. The third-order valence-electron chi connectivity index (χ3n) is 2.48. The maximum atomic E-state index is 11.7. The SMILES string of the molecule is O=C(COC(=O)c1ccco1)NNC(=O)c1ccc(Br)cc1. The summed E-state index contributed by atoms with van der Waals surface area (Å²) in [5.74, 6) is -1.94. The molecule has 0 aliphatic heterocycles. The third kappa shape index (κ3) is 4.45. The topological polar surface area (TPSA) is 97.6 Å². The minimum absolute atomic E-state index is 0.00769. The molecule has 0 saturated carbocycles. The third-order valence-corrected chi connectivity index (χ3v) is 3.01. The second-order valence-electron chi connectivity index (χ2n) is 4.06. The number of halogens is 1. The van der Waals surface area contributed by atoms with Gasteiger partial charge in [0.15, 0.2) is 6.61 Å². The first-order valence-corrected chi connectivity index (χ1v) is 6.91. The summed E-state index contributed by atoms with van der Waals surface area (Å²) in [5, 5.41) is 0. The number of carbonyl (C=O) groups is 3. The summed E-state index contributed by atoms with van der Waals surface area (Å²) < 4.78 is 10.3. The number of hydrogen-bond acceptors (Lipinski definition) is 5. The highest BCUT2D eigenvalue weighted by Crippen LogP contribution is 2.10. The molecule has 8 heteroatoms. The van der Waals surface area contributed by atoms with Crippen molar-refractivity contribution in [3.05, 3.63) is 58.5 Å². The second-order valence-corrected chi connectivity index (χ2v) is 4.98. The zero-order valence-electron chi connectivity index (χ0n) is 11.2. The van der Waals surface area contributed by atoms with Gasteiger partial charge in [-0.3, -0.25) is 20.4 Å². The molecule has 2 rings (SSSR count). The van der Waals surface area contributed by atoms with E-state index in [1.54, 1.807) is 24.3 Å². The Kier molecular flexibility index (Phi) is 5.31. The van der Waals surface area contributed by atoms with Crippen LogP contribution in [0.2, 0.25) is 0 Å². The molecular formula is C14H11BrN2O5. The number of carbonyl (C=O) groups excluding carboxylic acids is 3. The number of benzene rings is 1. The number of furan rings is 1. The Morgan fingerprint density at radius 1 is 1.09 bits per heavy atom. The summed E-state index contributed by atoms with van der Waals surface area (Å²) in [6.45, 7) is -0.542. The van der Waals surface area contributed by atoms with E-state index in [2.05, 4.69) is 26.8 Å². The molecule has 0 atom stereocenters. The Bertz CT molecular complexity index is 667. The number of nitrogens with one attached hydrogen (secondary N) is 2. The first-order valence-electron chi connectivity index (χ1n) is 6.11. The first-order chi connectivity index (χ1) is 10.6. The minimum Gasteiger partial charge on any atom is -0.457 e. The highest BCUT2D eigenvalue weighted by molar-refractivity contribution is 9.10. The van der Waals surface area contributed by atoms with Crippen LogP contribution in [0.25, 0.3) is 0 Å². The van der Waals surface area contributed by atoms with Crippen LogP contribution in [0.3, 0.4) is 0 Å². The van der Waals surface area contributed by atoms with Crippen molar-refractivity contribution in [1.29, 1.82) is 0 Å².